The molecular weight excluding hydrogens is 312 g/mol. The average Bonchev–Trinajstić information content (AvgIpc) is 2.92. The van der Waals surface area contributed by atoms with Gasteiger partial charge < -0.3 is 15.2 Å². The predicted octanol–water partition coefficient (Wildman–Crippen LogP) is 4.28. The fourth-order valence-electron chi connectivity index (χ4n) is 3.07. The second kappa shape index (κ2) is 6.97. The van der Waals surface area contributed by atoms with E-state index in [1.165, 1.54) is 5.56 Å². The van der Waals surface area contributed by atoms with Gasteiger partial charge in [0.25, 0.3) is 5.91 Å². The number of benzene rings is 1. The number of H-pyrrole nitrogens is 1. The molecule has 0 radical (unpaired) electrons. The first-order chi connectivity index (χ1) is 12.0. The van der Waals surface area contributed by atoms with Crippen LogP contribution in [0.25, 0.3) is 10.9 Å². The summed E-state index contributed by atoms with van der Waals surface area (Å²) in [6.07, 6.45) is 1.71. The van der Waals surface area contributed by atoms with Crippen molar-refractivity contribution in [2.45, 2.75) is 27.7 Å². The summed E-state index contributed by atoms with van der Waals surface area (Å²) in [5.41, 5.74) is 4.47. The molecule has 0 unspecified atom stereocenters. The average molecular weight is 336 g/mol. The number of nitrogens with zero attached hydrogens (tertiary/aromatic N) is 2. The Morgan fingerprint density at radius 2 is 1.92 bits per heavy atom. The van der Waals surface area contributed by atoms with Crippen LogP contribution in [0, 0.1) is 13.8 Å². The third-order valence-electron chi connectivity index (χ3n) is 4.68. The lowest BCUT2D eigenvalue weighted by Crippen LogP contribution is -2.22. The van der Waals surface area contributed by atoms with E-state index in [2.05, 4.69) is 41.0 Å². The molecule has 1 amide bonds. The molecule has 130 valence electrons. The Morgan fingerprint density at radius 1 is 1.16 bits per heavy atom. The van der Waals surface area contributed by atoms with Crippen LogP contribution < -0.4 is 10.2 Å². The summed E-state index contributed by atoms with van der Waals surface area (Å²) in [7, 11) is 0. The number of hydrogen-bond donors (Lipinski definition) is 2. The van der Waals surface area contributed by atoms with E-state index in [1.807, 2.05) is 37.3 Å². The van der Waals surface area contributed by atoms with Gasteiger partial charge in [-0.3, -0.25) is 4.79 Å². The fourth-order valence-corrected chi connectivity index (χ4v) is 3.07. The number of aromatic amines is 1. The molecule has 0 aliphatic rings. The Kier molecular flexibility index (Phi) is 4.74. The Balaban J connectivity index is 1.84. The molecule has 0 aliphatic carbocycles. The van der Waals surface area contributed by atoms with Crippen LogP contribution in [0.15, 0.2) is 36.5 Å². The number of aromatic nitrogens is 2. The van der Waals surface area contributed by atoms with Gasteiger partial charge in [-0.05, 0) is 51.5 Å². The Hall–Kier alpha value is -2.82. The molecule has 25 heavy (non-hydrogen) atoms. The lowest BCUT2D eigenvalue weighted by atomic mass is 10.1. The Labute approximate surface area is 148 Å². The van der Waals surface area contributed by atoms with E-state index in [1.54, 1.807) is 6.20 Å². The number of anilines is 2. The van der Waals surface area contributed by atoms with Gasteiger partial charge in [0.15, 0.2) is 0 Å². The maximum atomic E-state index is 12.7. The number of para-hydroxylation sites is 1. The maximum Gasteiger partial charge on any atom is 0.257 e. The molecule has 0 aliphatic heterocycles. The number of pyridine rings is 1. The molecular formula is C20H24N4O. The summed E-state index contributed by atoms with van der Waals surface area (Å²) < 4.78 is 0. The van der Waals surface area contributed by atoms with Crippen LogP contribution in [0.5, 0.6) is 0 Å². The first-order valence-corrected chi connectivity index (χ1v) is 8.65. The van der Waals surface area contributed by atoms with E-state index >= 15 is 0 Å². The van der Waals surface area contributed by atoms with E-state index in [4.69, 9.17) is 0 Å². The van der Waals surface area contributed by atoms with Gasteiger partial charge in [-0.2, -0.15) is 0 Å². The van der Waals surface area contributed by atoms with E-state index in [9.17, 15) is 4.79 Å². The topological polar surface area (TPSA) is 61.0 Å². The minimum atomic E-state index is -0.135. The van der Waals surface area contributed by atoms with Crippen LogP contribution in [0.4, 0.5) is 11.5 Å². The van der Waals surface area contributed by atoms with E-state index < -0.39 is 0 Å². The van der Waals surface area contributed by atoms with Crippen molar-refractivity contribution in [1.29, 1.82) is 0 Å². The molecule has 2 aromatic heterocycles. The van der Waals surface area contributed by atoms with E-state index in [0.29, 0.717) is 11.3 Å². The fraction of sp³-hybridized carbons (Fsp3) is 0.300. The monoisotopic (exact) mass is 336 g/mol. The van der Waals surface area contributed by atoms with Crippen LogP contribution >= 0.6 is 0 Å². The van der Waals surface area contributed by atoms with Crippen molar-refractivity contribution < 1.29 is 4.79 Å². The highest BCUT2D eigenvalue weighted by atomic mass is 16.1. The van der Waals surface area contributed by atoms with Crippen LogP contribution in [-0.4, -0.2) is 29.0 Å². The number of rotatable bonds is 5. The van der Waals surface area contributed by atoms with Crippen LogP contribution in [0.2, 0.25) is 0 Å². The molecule has 1 aromatic carbocycles. The second-order valence-electron chi connectivity index (χ2n) is 6.13. The maximum absolute atomic E-state index is 12.7. The van der Waals surface area contributed by atoms with Gasteiger partial charge >= 0.3 is 0 Å². The van der Waals surface area contributed by atoms with Gasteiger partial charge in [0, 0.05) is 24.2 Å². The zero-order chi connectivity index (χ0) is 18.0. The molecule has 3 rings (SSSR count). The molecule has 0 bridgehead atoms. The summed E-state index contributed by atoms with van der Waals surface area (Å²) in [5, 5.41) is 4.02. The quantitative estimate of drug-likeness (QED) is 0.731. The lowest BCUT2D eigenvalue weighted by Gasteiger charge is -2.19. The van der Waals surface area contributed by atoms with Gasteiger partial charge in [0.05, 0.1) is 23.0 Å². The first-order valence-electron chi connectivity index (χ1n) is 8.65. The van der Waals surface area contributed by atoms with Crippen LogP contribution in [-0.2, 0) is 0 Å². The number of carbonyl (C=O) groups excluding carboxylic acids is 1. The number of amides is 1. The largest absolute Gasteiger partial charge is 0.358 e. The number of hydrogen-bond acceptors (Lipinski definition) is 3. The third kappa shape index (κ3) is 3.22. The van der Waals surface area contributed by atoms with Crippen molar-refractivity contribution in [1.82, 2.24) is 9.97 Å². The van der Waals surface area contributed by atoms with Gasteiger partial charge in [-0.15, -0.1) is 0 Å². The third-order valence-corrected chi connectivity index (χ3v) is 4.68. The minimum absolute atomic E-state index is 0.135. The van der Waals surface area contributed by atoms with E-state index in [-0.39, 0.29) is 5.91 Å². The lowest BCUT2D eigenvalue weighted by molar-refractivity contribution is 0.102. The van der Waals surface area contributed by atoms with Gasteiger partial charge in [0.1, 0.15) is 5.82 Å². The SMILES string of the molecule is CCN(CC)c1ccc(NC(=O)c2cccc3c(C)c(C)[nH]c23)cn1. The zero-order valence-electron chi connectivity index (χ0n) is 15.2. The summed E-state index contributed by atoms with van der Waals surface area (Å²) >= 11 is 0. The Bertz CT molecular complexity index is 892. The number of nitrogens with one attached hydrogen (secondary N) is 2. The predicted molar refractivity (Wildman–Crippen MR) is 104 cm³/mol. The highest BCUT2D eigenvalue weighted by Crippen LogP contribution is 2.25. The molecule has 0 saturated heterocycles. The summed E-state index contributed by atoms with van der Waals surface area (Å²) in [5.74, 6) is 0.782. The second-order valence-corrected chi connectivity index (χ2v) is 6.13. The molecule has 0 spiro atoms. The molecule has 0 atom stereocenters. The molecule has 0 fully saturated rings. The van der Waals surface area contributed by atoms with Crippen molar-refractivity contribution in [3.63, 3.8) is 0 Å². The van der Waals surface area contributed by atoms with E-state index in [0.717, 1.165) is 35.5 Å². The van der Waals surface area contributed by atoms with Crippen LogP contribution in [0.3, 0.4) is 0 Å². The molecule has 5 heteroatoms. The number of aryl methyl sites for hydroxylation is 2. The molecule has 2 N–H and O–H groups in total. The smallest absolute Gasteiger partial charge is 0.257 e. The van der Waals surface area contributed by atoms with Gasteiger partial charge in [-0.25, -0.2) is 4.98 Å². The first kappa shape index (κ1) is 17.0. The standard InChI is InChI=1S/C20H24N4O/c1-5-24(6-2)18-11-10-15(12-21-18)23-20(25)17-9-7-8-16-13(3)14(4)22-19(16)17/h7-12,22H,5-6H2,1-4H3,(H,23,25). The summed E-state index contributed by atoms with van der Waals surface area (Å²) in [6.45, 7) is 10.1. The van der Waals surface area contributed by atoms with Crippen molar-refractivity contribution in [3.8, 4) is 0 Å². The van der Waals surface area contributed by atoms with Crippen molar-refractivity contribution >= 4 is 28.3 Å². The normalized spacial score (nSPS) is 10.9. The van der Waals surface area contributed by atoms with Gasteiger partial charge in [-0.1, -0.05) is 12.1 Å². The number of fused-ring (bicyclic) bond motifs is 1. The summed E-state index contributed by atoms with van der Waals surface area (Å²) in [6, 6.07) is 9.62. The summed E-state index contributed by atoms with van der Waals surface area (Å²) in [4.78, 5) is 22.6. The molecule has 3 aromatic rings. The van der Waals surface area contributed by atoms with Crippen LogP contribution in [0.1, 0.15) is 35.5 Å². The molecule has 2 heterocycles. The Morgan fingerprint density at radius 3 is 2.56 bits per heavy atom. The highest BCUT2D eigenvalue weighted by Gasteiger charge is 2.14. The minimum Gasteiger partial charge on any atom is -0.358 e. The molecule has 5 nitrogen and oxygen atoms in total. The van der Waals surface area contributed by atoms with Crippen molar-refractivity contribution in [2.75, 3.05) is 23.3 Å². The van der Waals surface area contributed by atoms with Crippen molar-refractivity contribution in [3.05, 3.63) is 53.3 Å². The zero-order valence-corrected chi connectivity index (χ0v) is 15.2. The number of carbonyl (C=O) groups is 1. The highest BCUT2D eigenvalue weighted by molar-refractivity contribution is 6.12. The molecule has 0 saturated carbocycles. The van der Waals surface area contributed by atoms with Crippen molar-refractivity contribution in [2.24, 2.45) is 0 Å². The van der Waals surface area contributed by atoms with Gasteiger partial charge in [0.2, 0.25) is 0 Å².